The highest BCUT2D eigenvalue weighted by Gasteiger charge is 2.12. The molecule has 3 rings (SSSR count). The lowest BCUT2D eigenvalue weighted by Gasteiger charge is -2.23. The van der Waals surface area contributed by atoms with Crippen molar-refractivity contribution in [3.8, 4) is 0 Å². The molecule has 0 aliphatic heterocycles. The van der Waals surface area contributed by atoms with Crippen molar-refractivity contribution in [2.75, 3.05) is 16.8 Å². The Morgan fingerprint density at radius 2 is 1.72 bits per heavy atom. The minimum absolute atomic E-state index is 0.422. The summed E-state index contributed by atoms with van der Waals surface area (Å²) in [6.07, 6.45) is 0. The molecule has 25 heavy (non-hydrogen) atoms. The Balaban J connectivity index is 1.93. The third-order valence-electron chi connectivity index (χ3n) is 3.68. The fourth-order valence-corrected chi connectivity index (χ4v) is 2.56. The number of aromatic nitrogens is 2. The van der Waals surface area contributed by atoms with E-state index in [1.54, 1.807) is 13.0 Å². The Kier molecular flexibility index (Phi) is 4.88. The molecular weight excluding hydrogens is 322 g/mol. The molecule has 128 valence electrons. The van der Waals surface area contributed by atoms with Gasteiger partial charge in [-0.15, -0.1) is 0 Å². The highest BCUT2D eigenvalue weighted by Crippen LogP contribution is 2.26. The molecule has 0 unspecified atom stereocenters. The lowest BCUT2D eigenvalue weighted by molar-refractivity contribution is 0.509. The Hall–Kier alpha value is -3.02. The molecule has 0 saturated heterocycles. The van der Waals surface area contributed by atoms with E-state index in [1.165, 1.54) is 6.07 Å². The summed E-state index contributed by atoms with van der Waals surface area (Å²) in [7, 11) is 0. The maximum Gasteiger partial charge on any atom is 0.160 e. The number of nitrogens with one attached hydrogen (secondary N) is 1. The highest BCUT2D eigenvalue weighted by atomic mass is 19.2. The molecule has 3 aromatic rings. The zero-order chi connectivity index (χ0) is 17.8. The quantitative estimate of drug-likeness (QED) is 0.712. The molecular formula is C19H18F2N4. The van der Waals surface area contributed by atoms with E-state index in [-0.39, 0.29) is 0 Å². The van der Waals surface area contributed by atoms with Crippen LogP contribution in [0, 0.1) is 18.6 Å². The summed E-state index contributed by atoms with van der Waals surface area (Å²) in [6, 6.07) is 15.3. The van der Waals surface area contributed by atoms with Gasteiger partial charge in [0.15, 0.2) is 11.6 Å². The van der Waals surface area contributed by atoms with Crippen molar-refractivity contribution in [2.24, 2.45) is 0 Å². The normalized spacial score (nSPS) is 10.6. The van der Waals surface area contributed by atoms with Gasteiger partial charge in [0.25, 0.3) is 0 Å². The number of para-hydroxylation sites is 1. The number of rotatable bonds is 5. The first kappa shape index (κ1) is 16.8. The number of hydrogen-bond donors (Lipinski definition) is 1. The van der Waals surface area contributed by atoms with Gasteiger partial charge in [0.1, 0.15) is 17.5 Å². The van der Waals surface area contributed by atoms with E-state index in [2.05, 4.69) is 15.3 Å². The molecule has 0 spiro atoms. The molecule has 0 amide bonds. The zero-order valence-corrected chi connectivity index (χ0v) is 14.0. The Morgan fingerprint density at radius 3 is 2.40 bits per heavy atom. The number of nitrogens with zero attached hydrogens (tertiary/aromatic N) is 3. The summed E-state index contributed by atoms with van der Waals surface area (Å²) in [5.74, 6) is 0.0351. The van der Waals surface area contributed by atoms with Crippen molar-refractivity contribution in [3.63, 3.8) is 0 Å². The van der Waals surface area contributed by atoms with Crippen LogP contribution in [0.15, 0.2) is 54.6 Å². The SMILES string of the molecule is CCN(c1ccccc1)c1cc(Nc2ccc(F)c(F)c2)nc(C)n1. The number of aryl methyl sites for hydroxylation is 1. The second-order valence-corrected chi connectivity index (χ2v) is 5.49. The van der Waals surface area contributed by atoms with E-state index in [1.807, 2.05) is 42.2 Å². The van der Waals surface area contributed by atoms with Gasteiger partial charge in [-0.2, -0.15) is 0 Å². The van der Waals surface area contributed by atoms with Crippen molar-refractivity contribution >= 4 is 23.0 Å². The van der Waals surface area contributed by atoms with Gasteiger partial charge in [-0.1, -0.05) is 18.2 Å². The third kappa shape index (κ3) is 3.91. The van der Waals surface area contributed by atoms with Crippen LogP contribution in [0.25, 0.3) is 0 Å². The van der Waals surface area contributed by atoms with Crippen LogP contribution < -0.4 is 10.2 Å². The van der Waals surface area contributed by atoms with Gasteiger partial charge in [0.05, 0.1) is 0 Å². The van der Waals surface area contributed by atoms with Crippen molar-refractivity contribution in [1.82, 2.24) is 9.97 Å². The third-order valence-corrected chi connectivity index (χ3v) is 3.68. The summed E-state index contributed by atoms with van der Waals surface area (Å²) in [5.41, 5.74) is 1.44. The van der Waals surface area contributed by atoms with E-state index in [4.69, 9.17) is 0 Å². The summed E-state index contributed by atoms with van der Waals surface area (Å²) in [5, 5.41) is 3.00. The predicted molar refractivity (Wildman–Crippen MR) is 95.5 cm³/mol. The molecule has 1 heterocycles. The molecule has 6 heteroatoms. The summed E-state index contributed by atoms with van der Waals surface area (Å²) >= 11 is 0. The number of benzene rings is 2. The standard InChI is InChI=1S/C19H18F2N4/c1-3-25(15-7-5-4-6-8-15)19-12-18(22-13(2)23-19)24-14-9-10-16(20)17(21)11-14/h4-12H,3H2,1-2H3,(H,22,23,24). The van der Waals surface area contributed by atoms with E-state index in [0.717, 1.165) is 30.2 Å². The minimum Gasteiger partial charge on any atom is -0.340 e. The topological polar surface area (TPSA) is 41.0 Å². The maximum absolute atomic E-state index is 13.4. The van der Waals surface area contributed by atoms with Crippen molar-refractivity contribution in [1.29, 1.82) is 0 Å². The molecule has 1 aromatic heterocycles. The average molecular weight is 340 g/mol. The van der Waals surface area contributed by atoms with Gasteiger partial charge in [0, 0.05) is 30.1 Å². The molecule has 0 aliphatic rings. The van der Waals surface area contributed by atoms with Crippen LogP contribution in [-0.2, 0) is 0 Å². The first-order valence-electron chi connectivity index (χ1n) is 7.97. The van der Waals surface area contributed by atoms with Crippen LogP contribution in [0.5, 0.6) is 0 Å². The van der Waals surface area contributed by atoms with E-state index < -0.39 is 11.6 Å². The van der Waals surface area contributed by atoms with Crippen LogP contribution in [0.2, 0.25) is 0 Å². The lowest BCUT2D eigenvalue weighted by Crippen LogP contribution is -2.18. The van der Waals surface area contributed by atoms with E-state index >= 15 is 0 Å². The van der Waals surface area contributed by atoms with E-state index in [9.17, 15) is 8.78 Å². The molecule has 1 N–H and O–H groups in total. The summed E-state index contributed by atoms with van der Waals surface area (Å²) in [6.45, 7) is 4.55. The van der Waals surface area contributed by atoms with Crippen LogP contribution in [0.3, 0.4) is 0 Å². The first-order valence-corrected chi connectivity index (χ1v) is 7.97. The summed E-state index contributed by atoms with van der Waals surface area (Å²) in [4.78, 5) is 10.9. The molecule has 0 aliphatic carbocycles. The number of hydrogen-bond acceptors (Lipinski definition) is 4. The monoisotopic (exact) mass is 340 g/mol. The average Bonchev–Trinajstić information content (AvgIpc) is 2.59. The van der Waals surface area contributed by atoms with Gasteiger partial charge >= 0.3 is 0 Å². The maximum atomic E-state index is 13.4. The van der Waals surface area contributed by atoms with Crippen LogP contribution >= 0.6 is 0 Å². The fourth-order valence-electron chi connectivity index (χ4n) is 2.56. The Labute approximate surface area is 145 Å². The molecule has 0 radical (unpaired) electrons. The molecule has 0 saturated carbocycles. The second-order valence-electron chi connectivity index (χ2n) is 5.49. The highest BCUT2D eigenvalue weighted by molar-refractivity contribution is 5.65. The van der Waals surface area contributed by atoms with Crippen molar-refractivity contribution in [3.05, 3.63) is 72.1 Å². The van der Waals surface area contributed by atoms with Gasteiger partial charge < -0.3 is 10.2 Å². The molecule has 0 atom stereocenters. The summed E-state index contributed by atoms with van der Waals surface area (Å²) < 4.78 is 26.5. The Morgan fingerprint density at radius 1 is 0.960 bits per heavy atom. The van der Waals surface area contributed by atoms with Crippen LogP contribution in [0.4, 0.5) is 31.8 Å². The van der Waals surface area contributed by atoms with E-state index in [0.29, 0.717) is 17.3 Å². The van der Waals surface area contributed by atoms with Crippen LogP contribution in [-0.4, -0.2) is 16.5 Å². The zero-order valence-electron chi connectivity index (χ0n) is 14.0. The second kappa shape index (κ2) is 7.25. The Bertz CT molecular complexity index is 869. The molecule has 4 nitrogen and oxygen atoms in total. The van der Waals surface area contributed by atoms with Crippen molar-refractivity contribution < 1.29 is 8.78 Å². The van der Waals surface area contributed by atoms with Gasteiger partial charge in [-0.25, -0.2) is 18.7 Å². The molecule has 2 aromatic carbocycles. The van der Waals surface area contributed by atoms with Gasteiger partial charge in [0.2, 0.25) is 0 Å². The first-order chi connectivity index (χ1) is 12.1. The van der Waals surface area contributed by atoms with Crippen LogP contribution in [0.1, 0.15) is 12.7 Å². The van der Waals surface area contributed by atoms with Gasteiger partial charge in [-0.05, 0) is 38.1 Å². The largest absolute Gasteiger partial charge is 0.340 e. The molecule has 0 bridgehead atoms. The number of halogens is 2. The van der Waals surface area contributed by atoms with Crippen molar-refractivity contribution in [2.45, 2.75) is 13.8 Å². The lowest BCUT2D eigenvalue weighted by atomic mass is 10.2. The molecule has 0 fully saturated rings. The minimum atomic E-state index is -0.907. The smallest absolute Gasteiger partial charge is 0.160 e. The van der Waals surface area contributed by atoms with Gasteiger partial charge in [-0.3, -0.25) is 0 Å². The number of anilines is 4. The fraction of sp³-hybridized carbons (Fsp3) is 0.158. The predicted octanol–water partition coefficient (Wildman–Crippen LogP) is 4.96.